The van der Waals surface area contributed by atoms with Crippen LogP contribution in [0.5, 0.6) is 0 Å². The van der Waals surface area contributed by atoms with E-state index >= 15 is 0 Å². The molecule has 0 aliphatic carbocycles. The molecule has 0 spiro atoms. The van der Waals surface area contributed by atoms with E-state index in [1.165, 1.54) is 88.4 Å². The van der Waals surface area contributed by atoms with E-state index in [9.17, 15) is 4.79 Å². The van der Waals surface area contributed by atoms with Crippen LogP contribution in [0.25, 0.3) is 0 Å². The van der Waals surface area contributed by atoms with E-state index < -0.39 is 42.7 Å². The van der Waals surface area contributed by atoms with Crippen molar-refractivity contribution >= 4 is 103 Å². The van der Waals surface area contributed by atoms with Gasteiger partial charge in [0.2, 0.25) is 0 Å². The molecule has 0 atom stereocenters. The maximum Gasteiger partial charge on any atom is 0.337 e. The van der Waals surface area contributed by atoms with Gasteiger partial charge in [-0.3, -0.25) is 0 Å². The number of carbonyl (C=O) groups is 1. The second kappa shape index (κ2) is 22.9. The molecule has 0 bridgehead atoms. The van der Waals surface area contributed by atoms with Gasteiger partial charge < -0.3 is 5.11 Å². The maximum atomic E-state index is 10.4. The topological polar surface area (TPSA) is 37.3 Å². The third kappa shape index (κ3) is 13.8. The number of hydrogen-bond acceptors (Lipinski definition) is 3. The zero-order chi connectivity index (χ0) is 30.7. The minimum atomic E-state index is -2.26. The predicted molar refractivity (Wildman–Crippen MR) is 200 cm³/mol. The Kier molecular flexibility index (Phi) is 22.6. The van der Waals surface area contributed by atoms with Crippen molar-refractivity contribution in [2.24, 2.45) is 0 Å². The molecule has 0 aliphatic heterocycles. The van der Waals surface area contributed by atoms with Crippen LogP contribution in [0.2, 0.25) is 26.6 Å². The van der Waals surface area contributed by atoms with Gasteiger partial charge in [-0.2, -0.15) is 0 Å². The fourth-order valence-electron chi connectivity index (χ4n) is 5.97. The Morgan fingerprint density at radius 1 is 0.634 bits per heavy atom. The first-order valence-corrected chi connectivity index (χ1v) is 34.7. The Morgan fingerprint density at radius 3 is 1.15 bits per heavy atom. The van der Waals surface area contributed by atoms with Gasteiger partial charge in [0.1, 0.15) is 0 Å². The standard InChI is InChI=1S/C5H2Br2O2S.C4H2S.6C4H9.2Sn/c6-3-1-2(5(8)9)4(7)10-3;1-2-4-5-3-1;6*1-3-4-2;;/h1H,(H,8,9);1-2H;6*1,3-4H2,2H3;;. The van der Waals surface area contributed by atoms with Crippen molar-refractivity contribution in [2.45, 2.75) is 145 Å². The van der Waals surface area contributed by atoms with Crippen LogP contribution >= 0.6 is 54.5 Å². The van der Waals surface area contributed by atoms with Crippen molar-refractivity contribution in [1.82, 2.24) is 0 Å². The Hall–Kier alpha value is 1.43. The summed E-state index contributed by atoms with van der Waals surface area (Å²) in [6, 6.07) is 7.05. The van der Waals surface area contributed by atoms with E-state index in [1.54, 1.807) is 32.7 Å². The number of carboxylic acids is 1. The average molecular weight is 948 g/mol. The van der Waals surface area contributed by atoms with Gasteiger partial charge in [0.25, 0.3) is 0 Å². The van der Waals surface area contributed by atoms with Crippen LogP contribution in [-0.2, 0) is 0 Å². The molecule has 0 radical (unpaired) electrons. The molecule has 2 aromatic heterocycles. The molecule has 0 unspecified atom stereocenters. The summed E-state index contributed by atoms with van der Waals surface area (Å²) >= 11 is 5.57. The molecule has 0 saturated heterocycles. The summed E-state index contributed by atoms with van der Waals surface area (Å²) < 4.78 is 15.3. The van der Waals surface area contributed by atoms with Crippen LogP contribution in [0.15, 0.2) is 25.8 Å². The molecule has 236 valence electrons. The van der Waals surface area contributed by atoms with Gasteiger partial charge in [0, 0.05) is 0 Å². The summed E-state index contributed by atoms with van der Waals surface area (Å²) in [5.41, 5.74) is 0.303. The predicted octanol–water partition coefficient (Wildman–Crippen LogP) is 12.8. The monoisotopic (exact) mass is 948 g/mol. The zero-order valence-corrected chi connectivity index (χ0v) is 37.4. The molecule has 2 heterocycles. The Bertz CT molecular complexity index is 886. The van der Waals surface area contributed by atoms with Crippen molar-refractivity contribution in [2.75, 3.05) is 0 Å². The number of thiophene rings is 2. The van der Waals surface area contributed by atoms with E-state index in [0.29, 0.717) is 9.35 Å². The van der Waals surface area contributed by atoms with Crippen molar-refractivity contribution in [3.05, 3.63) is 31.3 Å². The van der Waals surface area contributed by atoms with Crippen molar-refractivity contribution in [3.63, 3.8) is 0 Å². The van der Waals surface area contributed by atoms with E-state index in [1.807, 2.05) is 5.79 Å². The van der Waals surface area contributed by atoms with Gasteiger partial charge in [-0.1, -0.05) is 0 Å². The summed E-state index contributed by atoms with van der Waals surface area (Å²) in [6.45, 7) is 14.5. The van der Waals surface area contributed by atoms with Crippen molar-refractivity contribution in [1.29, 1.82) is 0 Å². The van der Waals surface area contributed by atoms with Crippen LogP contribution in [0.3, 0.4) is 0 Å². The molecule has 2 rings (SSSR count). The first kappa shape index (κ1) is 40.5. The van der Waals surface area contributed by atoms with Crippen LogP contribution in [0.1, 0.15) is 129 Å². The SMILES string of the molecule is CCC[CH2][Sn]([CH2]CCC)([CH2]CCC)[c]1cc[c]([Sn]([CH2]CCC)([CH2]CCC)[CH2]CCC)s1.O=C(O)c1cc(Br)sc1Br. The third-order valence-electron chi connectivity index (χ3n) is 8.59. The van der Waals surface area contributed by atoms with Crippen molar-refractivity contribution in [3.8, 4) is 0 Å². The molecule has 0 aromatic carbocycles. The zero-order valence-electron chi connectivity index (χ0n) is 26.9. The minimum Gasteiger partial charge on any atom is -0.478 e. The molecule has 8 heteroatoms. The van der Waals surface area contributed by atoms with Crippen LogP contribution < -0.4 is 5.79 Å². The Morgan fingerprint density at radius 2 is 0.951 bits per heavy atom. The molecular weight excluding hydrogens is 890 g/mol. The van der Waals surface area contributed by atoms with Gasteiger partial charge in [0.05, 0.1) is 13.1 Å². The molecular formula is C33H58Br2O2S2Sn2. The number of halogens is 2. The summed E-state index contributed by atoms with van der Waals surface area (Å²) in [6.07, 6.45) is 17.3. The van der Waals surface area contributed by atoms with Gasteiger partial charge in [-0.05, 0) is 37.9 Å². The molecule has 0 aliphatic rings. The van der Waals surface area contributed by atoms with Gasteiger partial charge in [0.15, 0.2) is 0 Å². The smallest absolute Gasteiger partial charge is 0.337 e. The first-order valence-electron chi connectivity index (χ1n) is 16.5. The molecule has 0 saturated carbocycles. The number of unbranched alkanes of at least 4 members (excludes halogenated alkanes) is 6. The summed E-state index contributed by atoms with van der Waals surface area (Å²) in [5.74, 6) is -0.908. The number of carboxylic acid groups (broad SMARTS) is 1. The van der Waals surface area contributed by atoms with Gasteiger partial charge in [-0.25, -0.2) is 4.79 Å². The minimum absolute atomic E-state index is 0.303. The first-order chi connectivity index (χ1) is 19.7. The second-order valence-corrected chi connectivity index (χ2v) is 45.0. The fourth-order valence-corrected chi connectivity index (χ4v) is 50.5. The maximum absolute atomic E-state index is 10.4. The van der Waals surface area contributed by atoms with E-state index in [4.69, 9.17) is 5.11 Å². The quantitative estimate of drug-likeness (QED) is 0.127. The van der Waals surface area contributed by atoms with Gasteiger partial charge >= 0.3 is 217 Å². The van der Waals surface area contributed by atoms with E-state index in [2.05, 4.69) is 96.9 Å². The number of aromatic carboxylic acids is 1. The van der Waals surface area contributed by atoms with E-state index in [0.717, 1.165) is 3.79 Å². The number of rotatable bonds is 21. The number of hydrogen-bond donors (Lipinski definition) is 1. The van der Waals surface area contributed by atoms with Crippen molar-refractivity contribution < 1.29 is 9.90 Å². The fraction of sp³-hybridized carbons (Fsp3) is 0.727. The normalized spacial score (nSPS) is 11.9. The molecule has 41 heavy (non-hydrogen) atoms. The Balaban J connectivity index is 0.000000702. The molecule has 0 fully saturated rings. The van der Waals surface area contributed by atoms with Crippen LogP contribution in [-0.4, -0.2) is 47.8 Å². The van der Waals surface area contributed by atoms with Crippen LogP contribution in [0, 0.1) is 0 Å². The second-order valence-electron chi connectivity index (χ2n) is 11.9. The van der Waals surface area contributed by atoms with Gasteiger partial charge in [-0.15, -0.1) is 11.3 Å². The molecule has 1 N–H and O–H groups in total. The molecule has 0 amide bonds. The van der Waals surface area contributed by atoms with Crippen LogP contribution in [0.4, 0.5) is 0 Å². The average Bonchev–Trinajstić information content (AvgIpc) is 3.60. The molecule has 2 aromatic rings. The molecule has 2 nitrogen and oxygen atoms in total. The summed E-state index contributed by atoms with van der Waals surface area (Å²) in [4.78, 5) is 10.4. The Labute approximate surface area is 286 Å². The largest absolute Gasteiger partial charge is 0.478 e. The summed E-state index contributed by atoms with van der Waals surface area (Å²) in [5, 5.41) is 8.53. The van der Waals surface area contributed by atoms with E-state index in [-0.39, 0.29) is 0 Å². The summed E-state index contributed by atoms with van der Waals surface area (Å²) in [7, 11) is 0. The third-order valence-corrected chi connectivity index (χ3v) is 48.6.